The first-order valence-corrected chi connectivity index (χ1v) is 30.6. The summed E-state index contributed by atoms with van der Waals surface area (Å²) in [5, 5.41) is 31.5. The Morgan fingerprint density at radius 3 is 1.25 bits per heavy atom. The molecular formula is C63H110O12. The molecule has 12 nitrogen and oxygen atoms in total. The van der Waals surface area contributed by atoms with Gasteiger partial charge in [0.05, 0.1) is 6.61 Å². The number of carboxylic acids is 1. The Labute approximate surface area is 456 Å². The Morgan fingerprint density at radius 2 is 0.800 bits per heavy atom. The first-order valence-electron chi connectivity index (χ1n) is 30.6. The predicted molar refractivity (Wildman–Crippen MR) is 303 cm³/mol. The molecule has 0 bridgehead atoms. The minimum atomic E-state index is -1.91. The van der Waals surface area contributed by atoms with Crippen molar-refractivity contribution in [1.82, 2.24) is 0 Å². The monoisotopic (exact) mass is 1060 g/mol. The highest BCUT2D eigenvalue weighted by Crippen LogP contribution is 2.26. The van der Waals surface area contributed by atoms with Crippen LogP contribution in [-0.2, 0) is 42.9 Å². The van der Waals surface area contributed by atoms with Gasteiger partial charge in [-0.2, -0.15) is 0 Å². The van der Waals surface area contributed by atoms with Gasteiger partial charge in [-0.3, -0.25) is 14.4 Å². The summed E-state index contributed by atoms with van der Waals surface area (Å²) < 4.78 is 28.4. The minimum Gasteiger partial charge on any atom is -0.479 e. The number of carbonyl (C=O) groups excluding carboxylic acids is 3. The fraction of sp³-hybridized carbons (Fsp3) is 0.810. The summed E-state index contributed by atoms with van der Waals surface area (Å²) >= 11 is 0. The summed E-state index contributed by atoms with van der Waals surface area (Å²) in [5.74, 6) is -3.14. The van der Waals surface area contributed by atoms with Crippen LogP contribution in [0.4, 0.5) is 0 Å². The van der Waals surface area contributed by atoms with Crippen molar-refractivity contribution in [2.24, 2.45) is 0 Å². The highest BCUT2D eigenvalue weighted by Gasteiger charge is 2.50. The molecule has 6 unspecified atom stereocenters. The number of aliphatic carboxylic acids is 1. The lowest BCUT2D eigenvalue weighted by Crippen LogP contribution is -2.61. The van der Waals surface area contributed by atoms with E-state index in [2.05, 4.69) is 69.4 Å². The van der Waals surface area contributed by atoms with E-state index in [0.717, 1.165) is 109 Å². The Bertz CT molecular complexity index is 1490. The van der Waals surface area contributed by atoms with Crippen molar-refractivity contribution in [3.05, 3.63) is 48.6 Å². The smallest absolute Gasteiger partial charge is 0.335 e. The fourth-order valence-electron chi connectivity index (χ4n) is 9.09. The van der Waals surface area contributed by atoms with Crippen molar-refractivity contribution < 1.29 is 58.2 Å². The highest BCUT2D eigenvalue weighted by molar-refractivity contribution is 5.74. The number of aliphatic hydroxyl groups is 2. The average Bonchev–Trinajstić information content (AvgIpc) is 3.39. The molecule has 0 aromatic carbocycles. The van der Waals surface area contributed by atoms with E-state index in [-0.39, 0.29) is 25.9 Å². The van der Waals surface area contributed by atoms with Crippen LogP contribution >= 0.6 is 0 Å². The molecule has 6 atom stereocenters. The van der Waals surface area contributed by atoms with Gasteiger partial charge in [-0.25, -0.2) is 4.79 Å². The molecule has 0 aromatic rings. The Balaban J connectivity index is 2.68. The van der Waals surface area contributed by atoms with Crippen LogP contribution in [0.3, 0.4) is 0 Å². The van der Waals surface area contributed by atoms with E-state index in [1.165, 1.54) is 109 Å². The third-order valence-corrected chi connectivity index (χ3v) is 13.8. The average molecular weight is 1060 g/mol. The van der Waals surface area contributed by atoms with Crippen molar-refractivity contribution in [2.75, 3.05) is 13.2 Å². The zero-order valence-corrected chi connectivity index (χ0v) is 47.8. The third kappa shape index (κ3) is 41.5. The van der Waals surface area contributed by atoms with Crippen LogP contribution in [0, 0.1) is 0 Å². The van der Waals surface area contributed by atoms with E-state index < -0.39 is 67.3 Å². The zero-order valence-electron chi connectivity index (χ0n) is 47.8. The summed E-state index contributed by atoms with van der Waals surface area (Å²) in [5.41, 5.74) is 0. The minimum absolute atomic E-state index is 0.0442. The number of esters is 3. The molecule has 0 aromatic heterocycles. The second-order valence-corrected chi connectivity index (χ2v) is 21.0. The predicted octanol–water partition coefficient (Wildman–Crippen LogP) is 15.8. The Morgan fingerprint density at radius 1 is 0.440 bits per heavy atom. The Kier molecular flexibility index (Phi) is 47.8. The molecule has 1 heterocycles. The van der Waals surface area contributed by atoms with Gasteiger partial charge in [-0.15, -0.1) is 0 Å². The lowest BCUT2D eigenvalue weighted by atomic mass is 9.98. The molecule has 3 N–H and O–H groups in total. The molecular weight excluding hydrogens is 949 g/mol. The van der Waals surface area contributed by atoms with Crippen LogP contribution in [0.15, 0.2) is 48.6 Å². The van der Waals surface area contributed by atoms with Gasteiger partial charge in [0.1, 0.15) is 18.8 Å². The van der Waals surface area contributed by atoms with Crippen LogP contribution in [0.2, 0.25) is 0 Å². The van der Waals surface area contributed by atoms with Crippen LogP contribution in [0.5, 0.6) is 0 Å². The number of hydrogen-bond acceptors (Lipinski definition) is 11. The van der Waals surface area contributed by atoms with Crippen LogP contribution in [-0.4, -0.2) is 89.2 Å². The van der Waals surface area contributed by atoms with E-state index in [1.54, 1.807) is 0 Å². The van der Waals surface area contributed by atoms with Crippen LogP contribution in [0.25, 0.3) is 0 Å². The fourth-order valence-corrected chi connectivity index (χ4v) is 9.09. The number of aliphatic hydroxyl groups excluding tert-OH is 2. The van der Waals surface area contributed by atoms with Gasteiger partial charge in [0.25, 0.3) is 0 Å². The summed E-state index contributed by atoms with van der Waals surface area (Å²) in [6.45, 7) is 5.95. The first-order chi connectivity index (χ1) is 36.6. The number of unbranched alkanes of at least 4 members (excludes halogenated alkanes) is 30. The topological polar surface area (TPSA) is 175 Å². The zero-order chi connectivity index (χ0) is 54.7. The summed E-state index contributed by atoms with van der Waals surface area (Å²) in [6.07, 6.45) is 49.3. The molecule has 1 saturated heterocycles. The molecule has 1 aliphatic rings. The largest absolute Gasteiger partial charge is 0.479 e. The maximum atomic E-state index is 13.1. The summed E-state index contributed by atoms with van der Waals surface area (Å²) in [4.78, 5) is 51.1. The molecule has 1 aliphatic heterocycles. The van der Waals surface area contributed by atoms with Gasteiger partial charge >= 0.3 is 23.9 Å². The summed E-state index contributed by atoms with van der Waals surface area (Å²) in [7, 11) is 0. The maximum Gasteiger partial charge on any atom is 0.335 e. The molecule has 434 valence electrons. The number of rotatable bonds is 52. The van der Waals surface area contributed by atoms with E-state index in [4.69, 9.17) is 23.7 Å². The van der Waals surface area contributed by atoms with E-state index >= 15 is 0 Å². The van der Waals surface area contributed by atoms with E-state index in [1.807, 2.05) is 0 Å². The molecule has 0 amide bonds. The van der Waals surface area contributed by atoms with Crippen LogP contribution in [0.1, 0.15) is 278 Å². The molecule has 0 spiro atoms. The van der Waals surface area contributed by atoms with Gasteiger partial charge in [0.15, 0.2) is 24.6 Å². The standard InChI is InChI=1S/C63H110O12/c1-4-7-10-13-16-19-22-25-27-28-30-32-34-37-40-43-46-49-55(64)71-52-54(73-56(65)50-47-44-41-38-35-31-24-21-18-15-12-9-6-3)53-72-63-61(59(68)58(67)60(75-63)62(69)70)74-57(66)51-48-45-42-39-36-33-29-26-23-20-17-14-11-8-5-2/h17,20-21,24-27,29,54,58-61,63,67-68H,4-16,18-19,22-23,28,30-53H2,1-3H3,(H,69,70)/b20-17-,24-21-,27-25-,29-26-. The third-order valence-electron chi connectivity index (χ3n) is 13.8. The normalized spacial score (nSPS) is 18.4. The maximum absolute atomic E-state index is 13.1. The molecule has 1 rings (SSSR count). The molecule has 0 radical (unpaired) electrons. The molecule has 1 fully saturated rings. The molecule has 75 heavy (non-hydrogen) atoms. The number of allylic oxidation sites excluding steroid dienone is 8. The lowest BCUT2D eigenvalue weighted by Gasteiger charge is -2.40. The second kappa shape index (κ2) is 51.4. The number of hydrogen-bond donors (Lipinski definition) is 3. The van der Waals surface area contributed by atoms with E-state index in [9.17, 15) is 34.5 Å². The highest BCUT2D eigenvalue weighted by atomic mass is 16.7. The van der Waals surface area contributed by atoms with Crippen LogP contribution < -0.4 is 0 Å². The van der Waals surface area contributed by atoms with Crippen molar-refractivity contribution in [3.63, 3.8) is 0 Å². The Hall–Kier alpha value is -3.32. The lowest BCUT2D eigenvalue weighted by molar-refractivity contribution is -0.301. The van der Waals surface area contributed by atoms with Crippen molar-refractivity contribution >= 4 is 23.9 Å². The van der Waals surface area contributed by atoms with Gasteiger partial charge in [-0.05, 0) is 103 Å². The number of ether oxygens (including phenoxy) is 5. The first kappa shape index (κ1) is 69.7. The van der Waals surface area contributed by atoms with Gasteiger partial charge in [-0.1, -0.05) is 204 Å². The van der Waals surface area contributed by atoms with Crippen molar-refractivity contribution in [1.29, 1.82) is 0 Å². The second-order valence-electron chi connectivity index (χ2n) is 21.0. The van der Waals surface area contributed by atoms with Crippen molar-refractivity contribution in [2.45, 2.75) is 314 Å². The SMILES string of the molecule is CCCCC/C=C\C/C=C\CCCCCCCC(=O)OC1C(OCC(COC(=O)CCCCCCCCC/C=C\CCCCCCCC)OC(=O)CCCCCCC/C=C\CCCCCC)OC(C(=O)O)C(O)C1O. The van der Waals surface area contributed by atoms with Gasteiger partial charge in [0, 0.05) is 19.3 Å². The van der Waals surface area contributed by atoms with Gasteiger partial charge in [0.2, 0.25) is 0 Å². The molecule has 12 heteroatoms. The van der Waals surface area contributed by atoms with E-state index in [0.29, 0.717) is 19.3 Å². The molecule has 0 aliphatic carbocycles. The summed E-state index contributed by atoms with van der Waals surface area (Å²) in [6, 6.07) is 0. The molecule has 0 saturated carbocycles. The van der Waals surface area contributed by atoms with Crippen molar-refractivity contribution in [3.8, 4) is 0 Å². The van der Waals surface area contributed by atoms with Gasteiger partial charge < -0.3 is 39.0 Å². The quantitative estimate of drug-likeness (QED) is 0.0228. The number of carbonyl (C=O) groups is 4. The number of carboxylic acid groups (broad SMARTS) is 1.